The SMILES string of the molecule is O=C(O)c1cccc(OCCN2CCC(CO)CC2)c1. The lowest BCUT2D eigenvalue weighted by Crippen LogP contribution is -2.37. The number of carbonyl (C=O) groups is 1. The zero-order valence-electron chi connectivity index (χ0n) is 11.5. The predicted octanol–water partition coefficient (Wildman–Crippen LogP) is 1.47. The first-order valence-electron chi connectivity index (χ1n) is 6.98. The topological polar surface area (TPSA) is 70.0 Å². The molecule has 1 aliphatic rings. The molecule has 0 unspecified atom stereocenters. The Balaban J connectivity index is 1.73. The van der Waals surface area contributed by atoms with Gasteiger partial charge in [-0.25, -0.2) is 4.79 Å². The third-order valence-corrected chi connectivity index (χ3v) is 3.72. The molecular formula is C15H21NO4. The van der Waals surface area contributed by atoms with Crippen molar-refractivity contribution in [3.63, 3.8) is 0 Å². The van der Waals surface area contributed by atoms with E-state index in [1.165, 1.54) is 0 Å². The third-order valence-electron chi connectivity index (χ3n) is 3.72. The van der Waals surface area contributed by atoms with Crippen LogP contribution < -0.4 is 4.74 Å². The lowest BCUT2D eigenvalue weighted by Gasteiger charge is -2.30. The van der Waals surface area contributed by atoms with Crippen molar-refractivity contribution in [2.45, 2.75) is 12.8 Å². The molecule has 1 saturated heterocycles. The first-order chi connectivity index (χ1) is 9.69. The van der Waals surface area contributed by atoms with Gasteiger partial charge in [0.05, 0.1) is 5.56 Å². The maximum absolute atomic E-state index is 10.8. The summed E-state index contributed by atoms with van der Waals surface area (Å²) >= 11 is 0. The number of aliphatic hydroxyl groups is 1. The molecule has 0 amide bonds. The zero-order chi connectivity index (χ0) is 14.4. The number of nitrogens with zero attached hydrogens (tertiary/aromatic N) is 1. The van der Waals surface area contributed by atoms with Crippen LogP contribution in [-0.4, -0.2) is 53.9 Å². The molecule has 5 heteroatoms. The smallest absolute Gasteiger partial charge is 0.335 e. The Hall–Kier alpha value is -1.59. The summed E-state index contributed by atoms with van der Waals surface area (Å²) in [5.74, 6) is 0.0936. The van der Waals surface area contributed by atoms with Gasteiger partial charge in [0.25, 0.3) is 0 Å². The number of rotatable bonds is 6. The molecule has 1 aliphatic heterocycles. The standard InChI is InChI=1S/C15H21NO4/c17-11-12-4-6-16(7-5-12)8-9-20-14-3-1-2-13(10-14)15(18)19/h1-3,10,12,17H,4-9,11H2,(H,18,19). The van der Waals surface area contributed by atoms with Crippen LogP contribution in [0.1, 0.15) is 23.2 Å². The van der Waals surface area contributed by atoms with Crippen molar-refractivity contribution in [3.8, 4) is 5.75 Å². The van der Waals surface area contributed by atoms with Crippen molar-refractivity contribution in [2.24, 2.45) is 5.92 Å². The number of hydrogen-bond donors (Lipinski definition) is 2. The van der Waals surface area contributed by atoms with Gasteiger partial charge in [0, 0.05) is 13.2 Å². The lowest BCUT2D eigenvalue weighted by atomic mass is 9.98. The number of aromatic carboxylic acids is 1. The summed E-state index contributed by atoms with van der Waals surface area (Å²) in [7, 11) is 0. The second-order valence-electron chi connectivity index (χ2n) is 5.15. The fourth-order valence-electron chi connectivity index (χ4n) is 2.40. The van der Waals surface area contributed by atoms with E-state index < -0.39 is 5.97 Å². The summed E-state index contributed by atoms with van der Waals surface area (Å²) in [5.41, 5.74) is 0.242. The largest absolute Gasteiger partial charge is 0.492 e. The predicted molar refractivity (Wildman–Crippen MR) is 75.1 cm³/mol. The highest BCUT2D eigenvalue weighted by molar-refractivity contribution is 5.87. The number of aliphatic hydroxyl groups excluding tert-OH is 1. The van der Waals surface area contributed by atoms with Crippen molar-refractivity contribution < 1.29 is 19.7 Å². The van der Waals surface area contributed by atoms with E-state index in [-0.39, 0.29) is 12.2 Å². The maximum Gasteiger partial charge on any atom is 0.335 e. The van der Waals surface area contributed by atoms with Gasteiger partial charge < -0.3 is 14.9 Å². The lowest BCUT2D eigenvalue weighted by molar-refractivity contribution is 0.0696. The van der Waals surface area contributed by atoms with Gasteiger partial charge in [0.15, 0.2) is 0 Å². The minimum Gasteiger partial charge on any atom is -0.492 e. The van der Waals surface area contributed by atoms with E-state index in [0.29, 0.717) is 18.3 Å². The number of carboxylic acid groups (broad SMARTS) is 1. The molecule has 20 heavy (non-hydrogen) atoms. The molecule has 0 bridgehead atoms. The van der Waals surface area contributed by atoms with E-state index in [0.717, 1.165) is 32.5 Å². The molecule has 1 heterocycles. The molecule has 5 nitrogen and oxygen atoms in total. The summed E-state index contributed by atoms with van der Waals surface area (Å²) < 4.78 is 5.60. The highest BCUT2D eigenvalue weighted by atomic mass is 16.5. The van der Waals surface area contributed by atoms with Gasteiger partial charge in [-0.15, -0.1) is 0 Å². The van der Waals surface area contributed by atoms with E-state index in [4.69, 9.17) is 14.9 Å². The van der Waals surface area contributed by atoms with Crippen LogP contribution in [0.15, 0.2) is 24.3 Å². The number of benzene rings is 1. The van der Waals surface area contributed by atoms with Crippen molar-refractivity contribution in [1.29, 1.82) is 0 Å². The van der Waals surface area contributed by atoms with Crippen LogP contribution in [0.3, 0.4) is 0 Å². The highest BCUT2D eigenvalue weighted by Gasteiger charge is 2.17. The molecule has 1 aromatic carbocycles. The van der Waals surface area contributed by atoms with E-state index in [1.807, 2.05) is 0 Å². The van der Waals surface area contributed by atoms with Crippen LogP contribution in [0.5, 0.6) is 5.75 Å². The van der Waals surface area contributed by atoms with Crippen LogP contribution in [0.2, 0.25) is 0 Å². The van der Waals surface area contributed by atoms with Crippen LogP contribution in [-0.2, 0) is 0 Å². The van der Waals surface area contributed by atoms with Crippen LogP contribution in [0.25, 0.3) is 0 Å². The van der Waals surface area contributed by atoms with Gasteiger partial charge in [-0.1, -0.05) is 6.07 Å². The molecular weight excluding hydrogens is 258 g/mol. The Morgan fingerprint density at radius 3 is 2.75 bits per heavy atom. The Morgan fingerprint density at radius 2 is 2.10 bits per heavy atom. The van der Waals surface area contributed by atoms with E-state index in [1.54, 1.807) is 24.3 Å². The van der Waals surface area contributed by atoms with Crippen LogP contribution in [0.4, 0.5) is 0 Å². The van der Waals surface area contributed by atoms with Gasteiger partial charge in [0.1, 0.15) is 12.4 Å². The van der Waals surface area contributed by atoms with Crippen LogP contribution in [0, 0.1) is 5.92 Å². The van der Waals surface area contributed by atoms with Crippen molar-refractivity contribution in [3.05, 3.63) is 29.8 Å². The molecule has 1 fully saturated rings. The first-order valence-corrected chi connectivity index (χ1v) is 6.98. The molecule has 0 aromatic heterocycles. The van der Waals surface area contributed by atoms with Gasteiger partial charge in [-0.3, -0.25) is 4.90 Å². The quantitative estimate of drug-likeness (QED) is 0.825. The molecule has 0 spiro atoms. The van der Waals surface area contributed by atoms with Gasteiger partial charge in [-0.2, -0.15) is 0 Å². The summed E-state index contributed by atoms with van der Waals surface area (Å²) in [6.07, 6.45) is 2.07. The first kappa shape index (κ1) is 14.8. The van der Waals surface area contributed by atoms with Crippen molar-refractivity contribution >= 4 is 5.97 Å². The van der Waals surface area contributed by atoms with E-state index in [9.17, 15) is 4.79 Å². The monoisotopic (exact) mass is 279 g/mol. The number of carboxylic acids is 1. The highest BCUT2D eigenvalue weighted by Crippen LogP contribution is 2.17. The molecule has 0 atom stereocenters. The summed E-state index contributed by atoms with van der Waals surface area (Å²) in [5, 5.41) is 18.0. The molecule has 110 valence electrons. The second-order valence-corrected chi connectivity index (χ2v) is 5.15. The van der Waals surface area contributed by atoms with Gasteiger partial charge >= 0.3 is 5.97 Å². The second kappa shape index (κ2) is 7.26. The number of ether oxygens (including phenoxy) is 1. The van der Waals surface area contributed by atoms with Crippen molar-refractivity contribution in [1.82, 2.24) is 4.90 Å². The van der Waals surface area contributed by atoms with Gasteiger partial charge in [-0.05, 0) is 50.0 Å². The summed E-state index contributed by atoms with van der Waals surface area (Å²) in [4.78, 5) is 13.2. The molecule has 0 aliphatic carbocycles. The summed E-state index contributed by atoms with van der Waals surface area (Å²) in [6.45, 7) is 3.64. The number of hydrogen-bond acceptors (Lipinski definition) is 4. The van der Waals surface area contributed by atoms with Crippen LogP contribution >= 0.6 is 0 Å². The Kier molecular flexibility index (Phi) is 5.38. The minimum absolute atomic E-state index is 0.242. The van der Waals surface area contributed by atoms with E-state index in [2.05, 4.69) is 4.90 Å². The molecule has 0 saturated carbocycles. The third kappa shape index (κ3) is 4.21. The molecule has 1 aromatic rings. The average molecular weight is 279 g/mol. The minimum atomic E-state index is -0.943. The Labute approximate surface area is 118 Å². The molecule has 2 rings (SSSR count). The average Bonchev–Trinajstić information content (AvgIpc) is 2.48. The molecule has 0 radical (unpaired) electrons. The number of likely N-dealkylation sites (tertiary alicyclic amines) is 1. The van der Waals surface area contributed by atoms with Crippen molar-refractivity contribution in [2.75, 3.05) is 32.8 Å². The summed E-state index contributed by atoms with van der Waals surface area (Å²) in [6, 6.07) is 6.55. The van der Waals surface area contributed by atoms with Gasteiger partial charge in [0.2, 0.25) is 0 Å². The normalized spacial score (nSPS) is 17.1. The fourth-order valence-corrected chi connectivity index (χ4v) is 2.40. The molecule has 2 N–H and O–H groups in total. The fraction of sp³-hybridized carbons (Fsp3) is 0.533. The Bertz CT molecular complexity index is 441. The van der Waals surface area contributed by atoms with E-state index >= 15 is 0 Å². The zero-order valence-corrected chi connectivity index (χ0v) is 11.5. The Morgan fingerprint density at radius 1 is 1.35 bits per heavy atom. The maximum atomic E-state index is 10.8. The number of piperidine rings is 1.